The molecule has 0 spiro atoms. The van der Waals surface area contributed by atoms with Crippen molar-refractivity contribution in [1.29, 1.82) is 0 Å². The summed E-state index contributed by atoms with van der Waals surface area (Å²) < 4.78 is 6.89. The molecule has 0 fully saturated rings. The fourth-order valence-electron chi connectivity index (χ4n) is 3.34. The van der Waals surface area contributed by atoms with Crippen LogP contribution in [0.3, 0.4) is 0 Å². The van der Waals surface area contributed by atoms with Crippen LogP contribution in [0.15, 0.2) is 52.0 Å². The highest BCUT2D eigenvalue weighted by atomic mass is 35.5. The van der Waals surface area contributed by atoms with E-state index in [1.165, 1.54) is 16.4 Å². The summed E-state index contributed by atoms with van der Waals surface area (Å²) in [6.45, 7) is 3.91. The van der Waals surface area contributed by atoms with Gasteiger partial charge in [-0.1, -0.05) is 22.8 Å². The average Bonchev–Trinajstić information content (AvgIpc) is 3.32. The van der Waals surface area contributed by atoms with Crippen LogP contribution in [0, 0.1) is 13.8 Å². The molecular weight excluding hydrogens is 448 g/mol. The van der Waals surface area contributed by atoms with E-state index in [4.69, 9.17) is 21.9 Å². The first kappa shape index (κ1) is 21.9. The summed E-state index contributed by atoms with van der Waals surface area (Å²) in [5, 5.41) is 12.6. The van der Waals surface area contributed by atoms with Crippen molar-refractivity contribution in [3.8, 4) is 22.8 Å². The van der Waals surface area contributed by atoms with Crippen LogP contribution in [0.1, 0.15) is 11.1 Å². The third-order valence-electron chi connectivity index (χ3n) is 4.69. The van der Waals surface area contributed by atoms with E-state index >= 15 is 0 Å². The van der Waals surface area contributed by atoms with Gasteiger partial charge in [0.1, 0.15) is 23.0 Å². The highest BCUT2D eigenvalue weighted by Gasteiger charge is 2.23. The van der Waals surface area contributed by atoms with Crippen LogP contribution in [0.25, 0.3) is 22.8 Å². The van der Waals surface area contributed by atoms with Gasteiger partial charge in [-0.3, -0.25) is 4.79 Å². The number of hydrogen-bond acceptors (Lipinski definition) is 7. The first-order valence-corrected chi connectivity index (χ1v) is 11.3. The number of halogens is 1. The fraction of sp³-hybridized carbons (Fsp3) is 0.182. The lowest BCUT2D eigenvalue weighted by atomic mass is 10.1. The molecular formula is C22H21ClN6O2S. The lowest BCUT2D eigenvalue weighted by molar-refractivity contribution is -0.116. The van der Waals surface area contributed by atoms with Crippen molar-refractivity contribution >= 4 is 40.8 Å². The Bertz CT molecular complexity index is 1260. The topological polar surface area (TPSA) is 112 Å². The smallest absolute Gasteiger partial charge is 0.264 e. The molecule has 0 unspecified atom stereocenters. The molecule has 4 aromatic rings. The highest BCUT2D eigenvalue weighted by molar-refractivity contribution is 7.98. The quantitative estimate of drug-likeness (QED) is 0.390. The molecule has 8 nitrogen and oxygen atoms in total. The molecule has 2 heterocycles. The van der Waals surface area contributed by atoms with Crippen molar-refractivity contribution in [2.75, 3.05) is 17.3 Å². The number of nitrogen functional groups attached to an aromatic ring is 1. The molecule has 0 atom stereocenters. The second-order valence-electron chi connectivity index (χ2n) is 7.28. The summed E-state index contributed by atoms with van der Waals surface area (Å²) in [6.07, 6.45) is 1.86. The number of aryl methyl sites for hydroxylation is 2. The minimum absolute atomic E-state index is 0.0510. The molecule has 0 aliphatic carbocycles. The van der Waals surface area contributed by atoms with Gasteiger partial charge in [0.2, 0.25) is 11.7 Å². The molecule has 164 valence electrons. The zero-order valence-electron chi connectivity index (χ0n) is 17.7. The normalized spacial score (nSPS) is 11.0. The van der Waals surface area contributed by atoms with E-state index in [0.29, 0.717) is 21.4 Å². The molecule has 0 radical (unpaired) electrons. The van der Waals surface area contributed by atoms with Crippen molar-refractivity contribution in [3.63, 3.8) is 0 Å². The molecule has 0 saturated carbocycles. The van der Waals surface area contributed by atoms with Gasteiger partial charge in [0.05, 0.1) is 0 Å². The first-order chi connectivity index (χ1) is 15.3. The van der Waals surface area contributed by atoms with Crippen LogP contribution >= 0.6 is 23.4 Å². The molecule has 0 saturated heterocycles. The second kappa shape index (κ2) is 9.05. The molecule has 10 heteroatoms. The molecule has 4 rings (SSSR count). The zero-order chi connectivity index (χ0) is 22.8. The fourth-order valence-corrected chi connectivity index (χ4v) is 4.04. The van der Waals surface area contributed by atoms with E-state index in [1.807, 2.05) is 38.3 Å². The van der Waals surface area contributed by atoms with E-state index < -0.39 is 0 Å². The van der Waals surface area contributed by atoms with Crippen LogP contribution in [0.2, 0.25) is 5.02 Å². The second-order valence-corrected chi connectivity index (χ2v) is 8.51. The van der Waals surface area contributed by atoms with E-state index in [2.05, 4.69) is 20.6 Å². The largest absolute Gasteiger partial charge is 0.383 e. The van der Waals surface area contributed by atoms with Crippen LogP contribution in [0.4, 0.5) is 11.5 Å². The number of benzene rings is 2. The van der Waals surface area contributed by atoms with Crippen molar-refractivity contribution in [1.82, 2.24) is 19.9 Å². The van der Waals surface area contributed by atoms with E-state index in [-0.39, 0.29) is 24.2 Å². The lowest BCUT2D eigenvalue weighted by Crippen LogP contribution is -2.20. The Morgan fingerprint density at radius 1 is 1.19 bits per heavy atom. The Morgan fingerprint density at radius 2 is 1.88 bits per heavy atom. The minimum atomic E-state index is -0.240. The van der Waals surface area contributed by atoms with Crippen LogP contribution in [-0.2, 0) is 11.3 Å². The standard InChI is InChI=1S/C22H21ClN6O2S/c1-12-8-13(2)10-16(9-12)25-17(30)11-29-19(24)18(22(27-29)32-3)21-26-20(28-31-21)14-4-6-15(23)7-5-14/h4-10H,11,24H2,1-3H3,(H,25,30). The van der Waals surface area contributed by atoms with Gasteiger partial charge in [-0.05, 0) is 67.6 Å². The summed E-state index contributed by atoms with van der Waals surface area (Å²) in [7, 11) is 0. The number of aromatic nitrogens is 4. The molecule has 32 heavy (non-hydrogen) atoms. The van der Waals surface area contributed by atoms with Crippen molar-refractivity contribution in [2.45, 2.75) is 25.4 Å². The van der Waals surface area contributed by atoms with Gasteiger partial charge < -0.3 is 15.6 Å². The predicted molar refractivity (Wildman–Crippen MR) is 127 cm³/mol. The zero-order valence-corrected chi connectivity index (χ0v) is 19.3. The number of nitrogens with one attached hydrogen (secondary N) is 1. The number of hydrogen-bond donors (Lipinski definition) is 2. The Kier molecular flexibility index (Phi) is 6.20. The number of thioether (sulfide) groups is 1. The summed E-state index contributed by atoms with van der Waals surface area (Å²) in [5.74, 6) is 0.674. The molecule has 2 aromatic carbocycles. The predicted octanol–water partition coefficient (Wildman–Crippen LogP) is 4.81. The van der Waals surface area contributed by atoms with Gasteiger partial charge in [-0.2, -0.15) is 10.1 Å². The average molecular weight is 469 g/mol. The van der Waals surface area contributed by atoms with E-state index in [0.717, 1.165) is 22.4 Å². The Morgan fingerprint density at radius 3 is 2.53 bits per heavy atom. The maximum Gasteiger partial charge on any atom is 0.264 e. The minimum Gasteiger partial charge on any atom is -0.383 e. The summed E-state index contributed by atoms with van der Waals surface area (Å²) in [6, 6.07) is 13.0. The van der Waals surface area contributed by atoms with Crippen LogP contribution in [0.5, 0.6) is 0 Å². The Hall–Kier alpha value is -3.30. The SMILES string of the molecule is CSc1nn(CC(=O)Nc2cc(C)cc(C)c2)c(N)c1-c1nc(-c2ccc(Cl)cc2)no1. The monoisotopic (exact) mass is 468 g/mol. The van der Waals surface area contributed by atoms with Gasteiger partial charge in [0, 0.05) is 16.3 Å². The summed E-state index contributed by atoms with van der Waals surface area (Å²) in [4.78, 5) is 17.1. The van der Waals surface area contributed by atoms with Crippen molar-refractivity contribution in [3.05, 3.63) is 58.6 Å². The van der Waals surface area contributed by atoms with Crippen LogP contribution < -0.4 is 11.1 Å². The molecule has 0 aliphatic heterocycles. The van der Waals surface area contributed by atoms with Crippen LogP contribution in [-0.4, -0.2) is 32.1 Å². The third-order valence-corrected chi connectivity index (χ3v) is 5.62. The van der Waals surface area contributed by atoms with Gasteiger partial charge in [-0.25, -0.2) is 4.68 Å². The molecule has 1 amide bonds. The number of amides is 1. The van der Waals surface area contributed by atoms with Gasteiger partial charge in [0.15, 0.2) is 0 Å². The Balaban J connectivity index is 1.58. The van der Waals surface area contributed by atoms with Gasteiger partial charge in [-0.15, -0.1) is 11.8 Å². The maximum absolute atomic E-state index is 12.6. The maximum atomic E-state index is 12.6. The summed E-state index contributed by atoms with van der Waals surface area (Å²) >= 11 is 7.32. The number of nitrogens with zero attached hydrogens (tertiary/aromatic N) is 4. The number of carbonyl (C=O) groups is 1. The molecule has 0 aliphatic rings. The summed E-state index contributed by atoms with van der Waals surface area (Å²) in [5.41, 5.74) is 10.5. The third kappa shape index (κ3) is 4.63. The van der Waals surface area contributed by atoms with Gasteiger partial charge >= 0.3 is 0 Å². The molecule has 2 aromatic heterocycles. The van der Waals surface area contributed by atoms with Crippen molar-refractivity contribution in [2.24, 2.45) is 0 Å². The number of anilines is 2. The molecule has 3 N–H and O–H groups in total. The van der Waals surface area contributed by atoms with E-state index in [9.17, 15) is 4.79 Å². The lowest BCUT2D eigenvalue weighted by Gasteiger charge is -2.08. The Labute approximate surface area is 194 Å². The van der Waals surface area contributed by atoms with E-state index in [1.54, 1.807) is 24.3 Å². The number of rotatable bonds is 6. The van der Waals surface area contributed by atoms with Crippen molar-refractivity contribution < 1.29 is 9.32 Å². The number of carbonyl (C=O) groups excluding carboxylic acids is 1. The number of nitrogens with two attached hydrogens (primary N) is 1. The van der Waals surface area contributed by atoms with Gasteiger partial charge in [0.25, 0.3) is 5.89 Å². The molecule has 0 bridgehead atoms. The first-order valence-electron chi connectivity index (χ1n) is 9.72. The highest BCUT2D eigenvalue weighted by Crippen LogP contribution is 2.35.